The van der Waals surface area contributed by atoms with Crippen molar-refractivity contribution in [1.82, 2.24) is 5.43 Å². The van der Waals surface area contributed by atoms with Gasteiger partial charge in [-0.2, -0.15) is 5.10 Å². The Morgan fingerprint density at radius 3 is 2.61 bits per heavy atom. The topological polar surface area (TPSA) is 80.2 Å². The van der Waals surface area contributed by atoms with Crippen LogP contribution >= 0.6 is 15.9 Å². The zero-order valence-electron chi connectivity index (χ0n) is 16.2. The molecule has 1 amide bonds. The highest BCUT2D eigenvalue weighted by molar-refractivity contribution is 9.10. The summed E-state index contributed by atoms with van der Waals surface area (Å²) in [7, 11) is 0. The van der Waals surface area contributed by atoms with Gasteiger partial charge in [-0.25, -0.2) is 5.43 Å². The van der Waals surface area contributed by atoms with Crippen molar-refractivity contribution in [2.45, 2.75) is 33.1 Å². The number of ether oxygens (including phenoxy) is 2. The molecule has 28 heavy (non-hydrogen) atoms. The third-order valence-corrected chi connectivity index (χ3v) is 4.79. The molecule has 2 N–H and O–H groups in total. The summed E-state index contributed by atoms with van der Waals surface area (Å²) in [6, 6.07) is 11.1. The number of halogens is 1. The molecule has 0 aliphatic rings. The third kappa shape index (κ3) is 6.27. The van der Waals surface area contributed by atoms with Crippen LogP contribution in [0.25, 0.3) is 0 Å². The van der Waals surface area contributed by atoms with E-state index in [9.17, 15) is 9.90 Å². The van der Waals surface area contributed by atoms with Gasteiger partial charge in [0.2, 0.25) is 0 Å². The molecule has 0 saturated carbocycles. The van der Waals surface area contributed by atoms with Crippen LogP contribution in [0.4, 0.5) is 0 Å². The van der Waals surface area contributed by atoms with Gasteiger partial charge in [-0.1, -0.05) is 26.0 Å². The van der Waals surface area contributed by atoms with Gasteiger partial charge in [0.05, 0.1) is 17.3 Å². The standard InChI is InChI=1S/C21H25BrN2O4/c1-4-14(3)16-6-8-17(9-7-16)28-13-20(25)24-23-12-15-10-18(22)21(26)19(11-15)27-5-2/h6-12,14,26H,4-5,13H2,1-3H3,(H,24,25)/b23-12+/t14-/m1/s1. The fraction of sp³-hybridized carbons (Fsp3) is 0.333. The van der Waals surface area contributed by atoms with E-state index in [0.717, 1.165) is 6.42 Å². The van der Waals surface area contributed by atoms with Crippen molar-refractivity contribution in [1.29, 1.82) is 0 Å². The number of rotatable bonds is 9. The van der Waals surface area contributed by atoms with E-state index in [1.165, 1.54) is 11.8 Å². The number of amides is 1. The van der Waals surface area contributed by atoms with Gasteiger partial charge < -0.3 is 14.6 Å². The van der Waals surface area contributed by atoms with E-state index in [-0.39, 0.29) is 18.3 Å². The molecular weight excluding hydrogens is 424 g/mol. The van der Waals surface area contributed by atoms with Gasteiger partial charge in [0.15, 0.2) is 18.1 Å². The van der Waals surface area contributed by atoms with E-state index in [4.69, 9.17) is 9.47 Å². The summed E-state index contributed by atoms with van der Waals surface area (Å²) in [6.45, 7) is 6.43. The number of phenolic OH excluding ortho intramolecular Hbond substituents is 1. The Labute approximate surface area is 173 Å². The van der Waals surface area contributed by atoms with Crippen LogP contribution in [-0.2, 0) is 4.79 Å². The van der Waals surface area contributed by atoms with Crippen LogP contribution in [0.3, 0.4) is 0 Å². The van der Waals surface area contributed by atoms with Gasteiger partial charge in [0.1, 0.15) is 5.75 Å². The molecule has 6 nitrogen and oxygen atoms in total. The molecule has 2 rings (SSSR count). The first-order valence-electron chi connectivity index (χ1n) is 9.14. The highest BCUT2D eigenvalue weighted by Gasteiger charge is 2.09. The number of nitrogens with zero attached hydrogens (tertiary/aromatic N) is 1. The molecule has 150 valence electrons. The maximum absolute atomic E-state index is 11.9. The molecule has 0 unspecified atom stereocenters. The van der Waals surface area contributed by atoms with E-state index < -0.39 is 0 Å². The zero-order valence-corrected chi connectivity index (χ0v) is 17.8. The Kier molecular flexibility index (Phi) is 8.32. The summed E-state index contributed by atoms with van der Waals surface area (Å²) >= 11 is 3.26. The van der Waals surface area contributed by atoms with E-state index in [0.29, 0.717) is 34.1 Å². The fourth-order valence-electron chi connectivity index (χ4n) is 2.42. The molecule has 0 bridgehead atoms. The fourth-order valence-corrected chi connectivity index (χ4v) is 2.88. The minimum atomic E-state index is -0.370. The van der Waals surface area contributed by atoms with Crippen LogP contribution in [0.1, 0.15) is 44.2 Å². The second-order valence-corrected chi connectivity index (χ2v) is 7.10. The predicted molar refractivity (Wildman–Crippen MR) is 113 cm³/mol. The highest BCUT2D eigenvalue weighted by atomic mass is 79.9. The molecule has 7 heteroatoms. The Balaban J connectivity index is 1.87. The molecule has 2 aromatic rings. The monoisotopic (exact) mass is 448 g/mol. The first-order valence-corrected chi connectivity index (χ1v) is 9.93. The lowest BCUT2D eigenvalue weighted by Crippen LogP contribution is -2.24. The molecule has 0 aliphatic heterocycles. The van der Waals surface area contributed by atoms with E-state index in [1.807, 2.05) is 31.2 Å². The summed E-state index contributed by atoms with van der Waals surface area (Å²) < 4.78 is 11.3. The normalized spacial score (nSPS) is 12.0. The molecule has 0 saturated heterocycles. The number of benzene rings is 2. The zero-order chi connectivity index (χ0) is 20.5. The molecule has 0 aliphatic carbocycles. The van der Waals surface area contributed by atoms with Crippen molar-refractivity contribution >= 4 is 28.1 Å². The summed E-state index contributed by atoms with van der Waals surface area (Å²) in [5, 5.41) is 13.8. The van der Waals surface area contributed by atoms with Crippen molar-refractivity contribution in [3.63, 3.8) is 0 Å². The van der Waals surface area contributed by atoms with Crippen LogP contribution in [0.15, 0.2) is 46.0 Å². The van der Waals surface area contributed by atoms with Gasteiger partial charge in [0, 0.05) is 0 Å². The van der Waals surface area contributed by atoms with Gasteiger partial charge in [-0.15, -0.1) is 0 Å². The maximum atomic E-state index is 11.9. The molecule has 0 heterocycles. The number of hydrazone groups is 1. The number of hydrogen-bond donors (Lipinski definition) is 2. The van der Waals surface area contributed by atoms with Crippen molar-refractivity contribution in [2.24, 2.45) is 5.10 Å². The number of nitrogens with one attached hydrogen (secondary N) is 1. The molecule has 2 aromatic carbocycles. The number of hydrogen-bond acceptors (Lipinski definition) is 5. The number of carbonyl (C=O) groups is 1. The Morgan fingerprint density at radius 1 is 1.25 bits per heavy atom. The lowest BCUT2D eigenvalue weighted by Gasteiger charge is -2.10. The summed E-state index contributed by atoms with van der Waals surface area (Å²) in [4.78, 5) is 11.9. The van der Waals surface area contributed by atoms with Crippen molar-refractivity contribution in [2.75, 3.05) is 13.2 Å². The van der Waals surface area contributed by atoms with Gasteiger partial charge in [0.25, 0.3) is 5.91 Å². The van der Waals surface area contributed by atoms with Gasteiger partial charge >= 0.3 is 0 Å². The van der Waals surface area contributed by atoms with Crippen LogP contribution in [0, 0.1) is 0 Å². The van der Waals surface area contributed by atoms with Crippen LogP contribution in [-0.4, -0.2) is 30.4 Å². The number of carbonyl (C=O) groups excluding carboxylic acids is 1. The first kappa shape index (κ1) is 21.8. The van der Waals surface area contributed by atoms with E-state index in [2.05, 4.69) is 40.3 Å². The maximum Gasteiger partial charge on any atom is 0.277 e. The number of aromatic hydroxyl groups is 1. The lowest BCUT2D eigenvalue weighted by atomic mass is 9.99. The summed E-state index contributed by atoms with van der Waals surface area (Å²) in [5.41, 5.74) is 4.32. The Hall–Kier alpha value is -2.54. The predicted octanol–water partition coefficient (Wildman–Crippen LogP) is 4.60. The molecule has 0 spiro atoms. The number of phenols is 1. The van der Waals surface area contributed by atoms with Crippen molar-refractivity contribution in [3.8, 4) is 17.2 Å². The van der Waals surface area contributed by atoms with Crippen LogP contribution < -0.4 is 14.9 Å². The van der Waals surface area contributed by atoms with Gasteiger partial charge in [-0.3, -0.25) is 4.79 Å². The van der Waals surface area contributed by atoms with E-state index in [1.54, 1.807) is 12.1 Å². The van der Waals surface area contributed by atoms with Gasteiger partial charge in [-0.05, 0) is 70.6 Å². The second kappa shape index (κ2) is 10.7. The second-order valence-electron chi connectivity index (χ2n) is 6.24. The van der Waals surface area contributed by atoms with Crippen molar-refractivity contribution in [3.05, 3.63) is 52.0 Å². The quantitative estimate of drug-likeness (QED) is 0.433. The lowest BCUT2D eigenvalue weighted by molar-refractivity contribution is -0.123. The Morgan fingerprint density at radius 2 is 1.96 bits per heavy atom. The molecule has 1 atom stereocenters. The highest BCUT2D eigenvalue weighted by Crippen LogP contribution is 2.35. The Bertz CT molecular complexity index is 822. The molecular formula is C21H25BrN2O4. The summed E-state index contributed by atoms with van der Waals surface area (Å²) in [5.74, 6) is 1.12. The molecule has 0 radical (unpaired) electrons. The largest absolute Gasteiger partial charge is 0.503 e. The van der Waals surface area contributed by atoms with E-state index >= 15 is 0 Å². The van der Waals surface area contributed by atoms with Crippen molar-refractivity contribution < 1.29 is 19.4 Å². The average Bonchev–Trinajstić information content (AvgIpc) is 2.70. The minimum Gasteiger partial charge on any atom is -0.503 e. The SMILES string of the molecule is CCOc1cc(/C=N/NC(=O)COc2ccc([C@H](C)CC)cc2)cc(Br)c1O. The minimum absolute atomic E-state index is 0.0239. The molecule has 0 aromatic heterocycles. The average molecular weight is 449 g/mol. The summed E-state index contributed by atoms with van der Waals surface area (Å²) in [6.07, 6.45) is 2.54. The smallest absolute Gasteiger partial charge is 0.277 e. The molecule has 0 fully saturated rings. The third-order valence-electron chi connectivity index (χ3n) is 4.18. The first-order chi connectivity index (χ1) is 13.4. The van der Waals surface area contributed by atoms with Crippen LogP contribution in [0.2, 0.25) is 0 Å². The van der Waals surface area contributed by atoms with Crippen LogP contribution in [0.5, 0.6) is 17.2 Å².